The first-order valence-electron chi connectivity index (χ1n) is 2.09. The predicted octanol–water partition coefficient (Wildman–Crippen LogP) is 3.40. The molecular formula is C6H11ClF2. The lowest BCUT2D eigenvalue weighted by Crippen LogP contribution is -1.38. The van der Waals surface area contributed by atoms with Crippen molar-refractivity contribution < 1.29 is 9.09 Å². The normalized spacial score (nSPS) is 5.78. The Kier molecular flexibility index (Phi) is 18.6. The molecule has 0 nitrogen and oxygen atoms in total. The van der Waals surface area contributed by atoms with E-state index in [1.807, 2.05) is 0 Å². The molecule has 0 heterocycles. The lowest BCUT2D eigenvalue weighted by atomic mass is 10.7. The van der Waals surface area contributed by atoms with Gasteiger partial charge in [0.05, 0.1) is 5.83 Å². The van der Waals surface area contributed by atoms with Gasteiger partial charge in [0.25, 0.3) is 0 Å². The maximum absolute atomic E-state index is 10.8. The van der Waals surface area contributed by atoms with E-state index in [9.17, 15) is 4.39 Å². The fourth-order valence-corrected chi connectivity index (χ4v) is 0. The summed E-state index contributed by atoms with van der Waals surface area (Å²) in [5.74, 6) is -0.333. The molecule has 0 atom stereocenters. The van der Waals surface area contributed by atoms with E-state index in [-0.39, 0.29) is 10.5 Å². The van der Waals surface area contributed by atoms with Gasteiger partial charge in [0.2, 0.25) is 0 Å². The third-order valence-corrected chi connectivity index (χ3v) is 0. The van der Waals surface area contributed by atoms with Crippen molar-refractivity contribution in [2.75, 3.05) is 0 Å². The molecular weight excluding hydrogens is 146 g/mol. The molecule has 0 rings (SSSR count). The average molecular weight is 157 g/mol. The van der Waals surface area contributed by atoms with E-state index in [2.05, 4.69) is 13.2 Å². The van der Waals surface area contributed by atoms with Crippen LogP contribution in [0.3, 0.4) is 0 Å². The molecule has 0 aromatic carbocycles. The summed E-state index contributed by atoms with van der Waals surface area (Å²) in [5, 5.41) is 0.639. The summed E-state index contributed by atoms with van der Waals surface area (Å²) in [6.45, 7) is 9.25. The van der Waals surface area contributed by atoms with Crippen LogP contribution in [0.1, 0.15) is 13.8 Å². The molecule has 0 radical (unpaired) electrons. The van der Waals surface area contributed by atoms with Crippen molar-refractivity contribution in [3.8, 4) is 0 Å². The average Bonchev–Trinajstić information content (AvgIpc) is 1.25. The molecule has 0 aromatic heterocycles. The summed E-state index contributed by atoms with van der Waals surface area (Å²) >= 11 is 5.08. The van der Waals surface area contributed by atoms with Crippen LogP contribution in [0.2, 0.25) is 0 Å². The van der Waals surface area contributed by atoms with Gasteiger partial charge >= 0.3 is 0 Å². The smallest absolute Gasteiger partial charge is 0.0897 e. The number of hydrogen-bond donors (Lipinski definition) is 0. The Morgan fingerprint density at radius 3 is 1.33 bits per heavy atom. The van der Waals surface area contributed by atoms with Crippen LogP contribution >= 0.6 is 11.6 Å². The van der Waals surface area contributed by atoms with Gasteiger partial charge in [0.1, 0.15) is 0 Å². The lowest BCUT2D eigenvalue weighted by molar-refractivity contribution is 0.645. The van der Waals surface area contributed by atoms with Gasteiger partial charge in [-0.3, -0.25) is 4.70 Å². The van der Waals surface area contributed by atoms with Gasteiger partial charge in [-0.05, 0) is 13.8 Å². The highest BCUT2D eigenvalue weighted by Gasteiger charge is 1.58. The molecule has 0 aliphatic heterocycles. The topological polar surface area (TPSA) is 0 Å². The van der Waals surface area contributed by atoms with Gasteiger partial charge in [0.15, 0.2) is 0 Å². The molecule has 0 unspecified atom stereocenters. The molecule has 0 saturated carbocycles. The zero-order valence-corrected chi connectivity index (χ0v) is 6.33. The molecule has 0 aliphatic rings. The highest BCUT2D eigenvalue weighted by Crippen LogP contribution is 1.87. The standard InChI is InChI=1S/C3H5Cl.C3H5F.FH/c2*1-3(2)4;/h2*1H2,2H3;1H. The minimum absolute atomic E-state index is 0. The third kappa shape index (κ3) is 1770. The Labute approximate surface area is 59.4 Å². The van der Waals surface area contributed by atoms with E-state index in [0.29, 0.717) is 5.03 Å². The highest BCUT2D eigenvalue weighted by molar-refractivity contribution is 6.28. The molecule has 9 heavy (non-hydrogen) atoms. The molecule has 56 valence electrons. The fraction of sp³-hybridized carbons (Fsp3) is 0.333. The van der Waals surface area contributed by atoms with E-state index in [4.69, 9.17) is 11.6 Å². The SMILES string of the molecule is C=C(C)Cl.C=C(C)F.F. The lowest BCUT2D eigenvalue weighted by Gasteiger charge is -1.61. The Morgan fingerprint density at radius 1 is 1.33 bits per heavy atom. The second-order valence-corrected chi connectivity index (χ2v) is 2.00. The van der Waals surface area contributed by atoms with Crippen molar-refractivity contribution in [3.63, 3.8) is 0 Å². The fourth-order valence-electron chi connectivity index (χ4n) is 0. The second-order valence-electron chi connectivity index (χ2n) is 1.35. The molecule has 0 spiro atoms. The maximum Gasteiger partial charge on any atom is 0.0897 e. The quantitative estimate of drug-likeness (QED) is 0.504. The van der Waals surface area contributed by atoms with Crippen molar-refractivity contribution in [1.82, 2.24) is 0 Å². The van der Waals surface area contributed by atoms with Crippen molar-refractivity contribution in [2.45, 2.75) is 13.8 Å². The monoisotopic (exact) mass is 156 g/mol. The zero-order valence-electron chi connectivity index (χ0n) is 5.58. The van der Waals surface area contributed by atoms with Crippen LogP contribution < -0.4 is 0 Å². The van der Waals surface area contributed by atoms with E-state index >= 15 is 0 Å². The molecule has 0 N–H and O–H groups in total. The van der Waals surface area contributed by atoms with Gasteiger partial charge < -0.3 is 0 Å². The summed E-state index contributed by atoms with van der Waals surface area (Å²) < 4.78 is 10.8. The van der Waals surface area contributed by atoms with Crippen LogP contribution in [-0.2, 0) is 0 Å². The Hall–Kier alpha value is -0.370. The van der Waals surface area contributed by atoms with Crippen LogP contribution in [0, 0.1) is 0 Å². The second kappa shape index (κ2) is 10.6. The summed E-state index contributed by atoms with van der Waals surface area (Å²) in [6.07, 6.45) is 0. The molecule has 0 aromatic rings. The van der Waals surface area contributed by atoms with E-state index in [1.165, 1.54) is 6.92 Å². The van der Waals surface area contributed by atoms with Gasteiger partial charge in [0, 0.05) is 5.03 Å². The van der Waals surface area contributed by atoms with Crippen molar-refractivity contribution in [1.29, 1.82) is 0 Å². The molecule has 0 amide bonds. The van der Waals surface area contributed by atoms with Crippen molar-refractivity contribution in [3.05, 3.63) is 24.0 Å². The molecule has 0 aliphatic carbocycles. The maximum atomic E-state index is 10.8. The largest absolute Gasteiger partial charge is 0.269 e. The van der Waals surface area contributed by atoms with Crippen LogP contribution in [0.5, 0.6) is 0 Å². The third-order valence-electron chi connectivity index (χ3n) is 0. The highest BCUT2D eigenvalue weighted by atomic mass is 35.5. The van der Waals surface area contributed by atoms with Crippen LogP contribution in [0.25, 0.3) is 0 Å². The van der Waals surface area contributed by atoms with Crippen molar-refractivity contribution >= 4 is 11.6 Å². The van der Waals surface area contributed by atoms with Crippen LogP contribution in [0.15, 0.2) is 24.0 Å². The number of allylic oxidation sites excluding steroid dienone is 2. The predicted molar refractivity (Wildman–Crippen MR) is 39.1 cm³/mol. The number of halogens is 3. The minimum atomic E-state index is -0.333. The molecule has 3 heteroatoms. The van der Waals surface area contributed by atoms with E-state index in [1.54, 1.807) is 6.92 Å². The number of hydrogen-bond acceptors (Lipinski definition) is 0. The van der Waals surface area contributed by atoms with E-state index in [0.717, 1.165) is 0 Å². The first-order chi connectivity index (χ1) is 3.46. The molecule has 0 fully saturated rings. The summed E-state index contributed by atoms with van der Waals surface area (Å²) in [5.41, 5.74) is 0. The van der Waals surface area contributed by atoms with Gasteiger partial charge in [-0.2, -0.15) is 0 Å². The summed E-state index contributed by atoms with van der Waals surface area (Å²) in [4.78, 5) is 0. The summed E-state index contributed by atoms with van der Waals surface area (Å²) in [7, 11) is 0. The Balaban J connectivity index is -0.0000000720. The number of rotatable bonds is 0. The Bertz CT molecular complexity index is 69.1. The van der Waals surface area contributed by atoms with E-state index < -0.39 is 0 Å². The Morgan fingerprint density at radius 2 is 1.33 bits per heavy atom. The van der Waals surface area contributed by atoms with Crippen LogP contribution in [0.4, 0.5) is 9.09 Å². The van der Waals surface area contributed by atoms with Gasteiger partial charge in [-0.25, -0.2) is 4.39 Å². The van der Waals surface area contributed by atoms with Gasteiger partial charge in [-0.15, -0.1) is 0 Å². The molecule has 0 saturated heterocycles. The summed E-state index contributed by atoms with van der Waals surface area (Å²) in [6, 6.07) is 0. The van der Waals surface area contributed by atoms with Crippen LogP contribution in [-0.4, -0.2) is 0 Å². The van der Waals surface area contributed by atoms with Crippen molar-refractivity contribution in [2.24, 2.45) is 0 Å². The first-order valence-corrected chi connectivity index (χ1v) is 2.46. The molecule has 0 bridgehead atoms. The first kappa shape index (κ1) is 15.9. The minimum Gasteiger partial charge on any atom is -0.269 e. The van der Waals surface area contributed by atoms with Gasteiger partial charge in [-0.1, -0.05) is 24.8 Å². The zero-order chi connectivity index (χ0) is 7.15.